The lowest BCUT2D eigenvalue weighted by Crippen LogP contribution is -2.21. The van der Waals surface area contributed by atoms with Gasteiger partial charge in [0, 0.05) is 21.9 Å². The molecule has 21 heavy (non-hydrogen) atoms. The number of oxime groups is 1. The summed E-state index contributed by atoms with van der Waals surface area (Å²) < 4.78 is 0. The number of rotatable bonds is 0. The van der Waals surface area contributed by atoms with E-state index in [-0.39, 0.29) is 0 Å². The van der Waals surface area contributed by atoms with Crippen LogP contribution in [0.25, 0.3) is 21.8 Å². The van der Waals surface area contributed by atoms with E-state index in [0.29, 0.717) is 5.92 Å². The first-order chi connectivity index (χ1) is 10.2. The number of hydrogen-bond donors (Lipinski definition) is 2. The number of aryl methyl sites for hydroxylation is 1. The first kappa shape index (κ1) is 12.4. The SMILES string of the molecule is Cc1nc2c(c3c1[nH]c1ccccc13)C(=NO)CC(C)C2. The lowest BCUT2D eigenvalue weighted by molar-refractivity contribution is 0.316. The summed E-state index contributed by atoms with van der Waals surface area (Å²) in [6.45, 7) is 4.21. The van der Waals surface area contributed by atoms with Crippen molar-refractivity contribution in [3.63, 3.8) is 0 Å². The van der Waals surface area contributed by atoms with Crippen molar-refractivity contribution in [1.82, 2.24) is 9.97 Å². The van der Waals surface area contributed by atoms with Gasteiger partial charge in [0.2, 0.25) is 0 Å². The maximum Gasteiger partial charge on any atom is 0.0895 e. The highest BCUT2D eigenvalue weighted by Gasteiger charge is 2.27. The monoisotopic (exact) mass is 279 g/mol. The number of pyridine rings is 1. The van der Waals surface area contributed by atoms with Crippen LogP contribution < -0.4 is 0 Å². The summed E-state index contributed by atoms with van der Waals surface area (Å²) >= 11 is 0. The molecule has 4 nitrogen and oxygen atoms in total. The maximum atomic E-state index is 9.44. The molecule has 1 unspecified atom stereocenters. The second-order valence-electron chi connectivity index (χ2n) is 6.00. The lowest BCUT2D eigenvalue weighted by atomic mass is 9.84. The Bertz CT molecular complexity index is 892. The van der Waals surface area contributed by atoms with Gasteiger partial charge in [-0.05, 0) is 31.7 Å². The third-order valence-electron chi connectivity index (χ3n) is 4.40. The molecule has 2 heterocycles. The fraction of sp³-hybridized carbons (Fsp3) is 0.294. The minimum absolute atomic E-state index is 0.456. The van der Waals surface area contributed by atoms with E-state index in [1.165, 1.54) is 5.39 Å². The summed E-state index contributed by atoms with van der Waals surface area (Å²) in [7, 11) is 0. The van der Waals surface area contributed by atoms with Gasteiger partial charge in [0.15, 0.2) is 0 Å². The van der Waals surface area contributed by atoms with Gasteiger partial charge in [0.1, 0.15) is 0 Å². The second kappa shape index (κ2) is 4.32. The van der Waals surface area contributed by atoms with E-state index in [4.69, 9.17) is 4.98 Å². The number of fused-ring (bicyclic) bond motifs is 5. The average molecular weight is 279 g/mol. The summed E-state index contributed by atoms with van der Waals surface area (Å²) in [6, 6.07) is 8.25. The zero-order chi connectivity index (χ0) is 14.6. The van der Waals surface area contributed by atoms with Crippen molar-refractivity contribution in [2.75, 3.05) is 0 Å². The van der Waals surface area contributed by atoms with Crippen LogP contribution in [0.1, 0.15) is 30.3 Å². The molecular formula is C17H17N3O. The van der Waals surface area contributed by atoms with Gasteiger partial charge in [-0.2, -0.15) is 0 Å². The Balaban J connectivity index is 2.21. The van der Waals surface area contributed by atoms with E-state index in [0.717, 1.165) is 51.9 Å². The Morgan fingerprint density at radius 3 is 2.90 bits per heavy atom. The van der Waals surface area contributed by atoms with Crippen molar-refractivity contribution in [2.45, 2.75) is 26.7 Å². The number of para-hydroxylation sites is 1. The number of hydrogen-bond acceptors (Lipinski definition) is 3. The molecule has 0 bridgehead atoms. The number of benzene rings is 1. The maximum absolute atomic E-state index is 9.44. The highest BCUT2D eigenvalue weighted by atomic mass is 16.4. The predicted molar refractivity (Wildman–Crippen MR) is 84.1 cm³/mol. The van der Waals surface area contributed by atoms with Gasteiger partial charge in [0.25, 0.3) is 0 Å². The summed E-state index contributed by atoms with van der Waals surface area (Å²) in [5, 5.41) is 15.3. The topological polar surface area (TPSA) is 61.3 Å². The molecule has 2 aromatic heterocycles. The van der Waals surface area contributed by atoms with Crippen LogP contribution in [-0.4, -0.2) is 20.9 Å². The van der Waals surface area contributed by atoms with E-state index >= 15 is 0 Å². The van der Waals surface area contributed by atoms with Gasteiger partial charge in [-0.15, -0.1) is 0 Å². The van der Waals surface area contributed by atoms with E-state index in [2.05, 4.69) is 29.2 Å². The van der Waals surface area contributed by atoms with Gasteiger partial charge in [-0.25, -0.2) is 0 Å². The molecule has 0 saturated heterocycles. The third-order valence-corrected chi connectivity index (χ3v) is 4.40. The standard InChI is InChI=1S/C17H17N3O/c1-9-7-13-16(14(8-9)20-21)15-11-5-3-4-6-12(11)19-17(15)10(2)18-13/h3-6,9,19,21H,7-8H2,1-2H3. The van der Waals surface area contributed by atoms with Crippen LogP contribution in [0, 0.1) is 12.8 Å². The summed E-state index contributed by atoms with van der Waals surface area (Å²) in [6.07, 6.45) is 1.73. The molecule has 0 spiro atoms. The molecule has 0 aliphatic heterocycles. The van der Waals surface area contributed by atoms with Gasteiger partial charge < -0.3 is 10.2 Å². The molecule has 0 saturated carbocycles. The molecule has 3 aromatic rings. The minimum atomic E-state index is 0.456. The lowest BCUT2D eigenvalue weighted by Gasteiger charge is -2.23. The normalized spacial score (nSPS) is 20.3. The first-order valence-electron chi connectivity index (χ1n) is 7.30. The average Bonchev–Trinajstić information content (AvgIpc) is 2.86. The number of nitrogens with zero attached hydrogens (tertiary/aromatic N) is 2. The molecule has 1 aliphatic rings. The Morgan fingerprint density at radius 2 is 2.10 bits per heavy atom. The molecule has 1 aromatic carbocycles. The van der Waals surface area contributed by atoms with Crippen LogP contribution in [-0.2, 0) is 6.42 Å². The number of aromatic amines is 1. The van der Waals surface area contributed by atoms with Crippen LogP contribution in [0.3, 0.4) is 0 Å². The molecule has 4 rings (SSSR count). The Labute approximate surface area is 122 Å². The molecule has 0 radical (unpaired) electrons. The molecule has 1 atom stereocenters. The van der Waals surface area contributed by atoms with Crippen LogP contribution in [0.5, 0.6) is 0 Å². The number of nitrogens with one attached hydrogen (secondary N) is 1. The first-order valence-corrected chi connectivity index (χ1v) is 7.30. The van der Waals surface area contributed by atoms with Crippen LogP contribution in [0.15, 0.2) is 29.4 Å². The summed E-state index contributed by atoms with van der Waals surface area (Å²) in [5.41, 5.74) is 5.98. The van der Waals surface area contributed by atoms with Crippen molar-refractivity contribution in [3.05, 3.63) is 41.2 Å². The molecule has 4 heteroatoms. The van der Waals surface area contributed by atoms with E-state index < -0.39 is 0 Å². The largest absolute Gasteiger partial charge is 0.411 e. The number of aromatic nitrogens is 2. The van der Waals surface area contributed by atoms with Crippen molar-refractivity contribution in [1.29, 1.82) is 0 Å². The van der Waals surface area contributed by atoms with Gasteiger partial charge in [0.05, 0.1) is 22.6 Å². The van der Waals surface area contributed by atoms with Crippen molar-refractivity contribution in [3.8, 4) is 0 Å². The van der Waals surface area contributed by atoms with E-state index in [1.54, 1.807) is 0 Å². The van der Waals surface area contributed by atoms with Crippen molar-refractivity contribution >= 4 is 27.5 Å². The van der Waals surface area contributed by atoms with Gasteiger partial charge in [-0.3, -0.25) is 4.98 Å². The van der Waals surface area contributed by atoms with Gasteiger partial charge in [-0.1, -0.05) is 30.3 Å². The molecular weight excluding hydrogens is 262 g/mol. The zero-order valence-corrected chi connectivity index (χ0v) is 12.1. The summed E-state index contributed by atoms with van der Waals surface area (Å²) in [4.78, 5) is 8.22. The van der Waals surface area contributed by atoms with Gasteiger partial charge >= 0.3 is 0 Å². The highest BCUT2D eigenvalue weighted by Crippen LogP contribution is 2.36. The molecule has 106 valence electrons. The molecule has 1 aliphatic carbocycles. The zero-order valence-electron chi connectivity index (χ0n) is 12.1. The molecule has 0 fully saturated rings. The Kier molecular flexibility index (Phi) is 2.55. The van der Waals surface area contributed by atoms with Crippen molar-refractivity contribution in [2.24, 2.45) is 11.1 Å². The van der Waals surface area contributed by atoms with Crippen LogP contribution in [0.4, 0.5) is 0 Å². The van der Waals surface area contributed by atoms with Crippen LogP contribution >= 0.6 is 0 Å². The Morgan fingerprint density at radius 1 is 1.29 bits per heavy atom. The smallest absolute Gasteiger partial charge is 0.0895 e. The summed E-state index contributed by atoms with van der Waals surface area (Å²) in [5.74, 6) is 0.456. The van der Waals surface area contributed by atoms with E-state index in [1.807, 2.05) is 19.1 Å². The molecule has 2 N–H and O–H groups in total. The highest BCUT2D eigenvalue weighted by molar-refractivity contribution is 6.20. The van der Waals surface area contributed by atoms with Crippen LogP contribution in [0.2, 0.25) is 0 Å². The fourth-order valence-corrected chi connectivity index (χ4v) is 3.52. The Hall–Kier alpha value is -2.36. The molecule has 0 amide bonds. The minimum Gasteiger partial charge on any atom is -0.411 e. The van der Waals surface area contributed by atoms with E-state index in [9.17, 15) is 5.21 Å². The fourth-order valence-electron chi connectivity index (χ4n) is 3.52. The van der Waals surface area contributed by atoms with Crippen molar-refractivity contribution < 1.29 is 5.21 Å². The third kappa shape index (κ3) is 1.68. The second-order valence-corrected chi connectivity index (χ2v) is 6.00. The predicted octanol–water partition coefficient (Wildman–Crippen LogP) is 3.79. The quantitative estimate of drug-likeness (QED) is 0.486. The number of H-pyrrole nitrogens is 1.